The van der Waals surface area contributed by atoms with E-state index in [0.717, 1.165) is 36.0 Å². The number of hydrogen-bond donors (Lipinski definition) is 1. The molecular weight excluding hydrogens is 226 g/mol. The maximum atomic E-state index is 6.01. The standard InChI is InChI=1S/C14H19N3O/c1-14(2)6-5-12(18-14)9-17-13-7-11(15)4-3-10(13)8-16-17/h3-4,7-8,12H,5-6,9,15H2,1-2H3. The lowest BCUT2D eigenvalue weighted by atomic mass is 10.1. The van der Waals surface area contributed by atoms with Crippen LogP contribution in [0.25, 0.3) is 10.9 Å². The van der Waals surface area contributed by atoms with Crippen molar-refractivity contribution < 1.29 is 4.74 Å². The van der Waals surface area contributed by atoms with Crippen LogP contribution in [0.1, 0.15) is 26.7 Å². The Balaban J connectivity index is 1.85. The lowest BCUT2D eigenvalue weighted by molar-refractivity contribution is -0.0224. The van der Waals surface area contributed by atoms with Crippen molar-refractivity contribution in [3.8, 4) is 0 Å². The fourth-order valence-corrected chi connectivity index (χ4v) is 2.63. The van der Waals surface area contributed by atoms with Gasteiger partial charge in [0.15, 0.2) is 0 Å². The minimum Gasteiger partial charge on any atom is -0.399 e. The summed E-state index contributed by atoms with van der Waals surface area (Å²) >= 11 is 0. The molecule has 0 radical (unpaired) electrons. The van der Waals surface area contributed by atoms with Crippen LogP contribution in [0.15, 0.2) is 24.4 Å². The van der Waals surface area contributed by atoms with Crippen LogP contribution in [0.3, 0.4) is 0 Å². The average Bonchev–Trinajstić information content (AvgIpc) is 2.84. The number of benzene rings is 1. The molecule has 0 aliphatic carbocycles. The summed E-state index contributed by atoms with van der Waals surface area (Å²) in [7, 11) is 0. The molecule has 0 amide bonds. The van der Waals surface area contributed by atoms with E-state index >= 15 is 0 Å². The SMILES string of the molecule is CC1(C)CCC(Cn2ncc3ccc(N)cc32)O1. The van der Waals surface area contributed by atoms with Crippen molar-refractivity contribution in [1.82, 2.24) is 9.78 Å². The molecule has 96 valence electrons. The average molecular weight is 245 g/mol. The summed E-state index contributed by atoms with van der Waals surface area (Å²) in [6.07, 6.45) is 4.34. The van der Waals surface area contributed by atoms with Gasteiger partial charge in [0.1, 0.15) is 0 Å². The Hall–Kier alpha value is -1.55. The summed E-state index contributed by atoms with van der Waals surface area (Å²) in [6.45, 7) is 5.09. The highest BCUT2D eigenvalue weighted by Gasteiger charge is 2.31. The molecule has 4 heteroatoms. The third kappa shape index (κ3) is 2.08. The summed E-state index contributed by atoms with van der Waals surface area (Å²) in [4.78, 5) is 0. The van der Waals surface area contributed by atoms with Gasteiger partial charge in [0.2, 0.25) is 0 Å². The van der Waals surface area contributed by atoms with Gasteiger partial charge in [0, 0.05) is 11.1 Å². The molecule has 2 N–H and O–H groups in total. The van der Waals surface area contributed by atoms with E-state index in [0.29, 0.717) is 0 Å². The van der Waals surface area contributed by atoms with Crippen molar-refractivity contribution in [2.75, 3.05) is 5.73 Å². The fourth-order valence-electron chi connectivity index (χ4n) is 2.63. The van der Waals surface area contributed by atoms with Gasteiger partial charge in [0.05, 0.1) is 30.0 Å². The smallest absolute Gasteiger partial charge is 0.0779 e. The maximum absolute atomic E-state index is 6.01. The maximum Gasteiger partial charge on any atom is 0.0779 e. The number of hydrogen-bond acceptors (Lipinski definition) is 3. The number of anilines is 1. The molecule has 1 aliphatic heterocycles. The first kappa shape index (κ1) is 11.5. The van der Waals surface area contributed by atoms with Gasteiger partial charge in [-0.2, -0.15) is 5.10 Å². The summed E-state index contributed by atoms with van der Waals surface area (Å²) < 4.78 is 8.01. The molecule has 4 nitrogen and oxygen atoms in total. The molecule has 0 spiro atoms. The van der Waals surface area contributed by atoms with E-state index in [1.165, 1.54) is 0 Å². The van der Waals surface area contributed by atoms with Crippen LogP contribution in [0.5, 0.6) is 0 Å². The van der Waals surface area contributed by atoms with Crippen molar-refractivity contribution >= 4 is 16.6 Å². The Labute approximate surface area is 107 Å². The lowest BCUT2D eigenvalue weighted by Crippen LogP contribution is -2.23. The molecule has 18 heavy (non-hydrogen) atoms. The van der Waals surface area contributed by atoms with E-state index in [-0.39, 0.29) is 11.7 Å². The van der Waals surface area contributed by atoms with Crippen molar-refractivity contribution in [3.63, 3.8) is 0 Å². The second-order valence-electron chi connectivity index (χ2n) is 5.68. The van der Waals surface area contributed by atoms with E-state index in [1.807, 2.05) is 29.1 Å². The number of aromatic nitrogens is 2. The first-order chi connectivity index (χ1) is 8.53. The van der Waals surface area contributed by atoms with E-state index in [4.69, 9.17) is 10.5 Å². The van der Waals surface area contributed by atoms with Crippen molar-refractivity contribution in [1.29, 1.82) is 0 Å². The summed E-state index contributed by atoms with van der Waals surface area (Å²) in [6, 6.07) is 5.89. The number of nitrogen functional groups attached to an aromatic ring is 1. The third-order valence-corrected chi connectivity index (χ3v) is 3.60. The second kappa shape index (κ2) is 3.99. The predicted octanol–water partition coefficient (Wildman–Crippen LogP) is 2.58. The number of nitrogens with two attached hydrogens (primary N) is 1. The Morgan fingerprint density at radius 3 is 3.06 bits per heavy atom. The van der Waals surface area contributed by atoms with E-state index < -0.39 is 0 Å². The van der Waals surface area contributed by atoms with Crippen LogP contribution in [0, 0.1) is 0 Å². The highest BCUT2D eigenvalue weighted by atomic mass is 16.5. The van der Waals surface area contributed by atoms with Gasteiger partial charge in [-0.15, -0.1) is 0 Å². The molecule has 1 atom stereocenters. The Morgan fingerprint density at radius 2 is 2.33 bits per heavy atom. The Bertz CT molecular complexity index is 573. The Morgan fingerprint density at radius 1 is 1.50 bits per heavy atom. The first-order valence-corrected chi connectivity index (χ1v) is 6.42. The normalized spacial score (nSPS) is 22.7. The van der Waals surface area contributed by atoms with E-state index in [9.17, 15) is 0 Å². The summed E-state index contributed by atoms with van der Waals surface area (Å²) in [5.41, 5.74) is 7.70. The van der Waals surface area contributed by atoms with Crippen LogP contribution in [-0.2, 0) is 11.3 Å². The van der Waals surface area contributed by atoms with Crippen LogP contribution in [0.4, 0.5) is 5.69 Å². The minimum atomic E-state index is 0.00660. The molecule has 0 saturated carbocycles. The number of ether oxygens (including phenoxy) is 1. The van der Waals surface area contributed by atoms with E-state index in [1.54, 1.807) is 0 Å². The molecule has 2 aromatic rings. The zero-order valence-electron chi connectivity index (χ0n) is 10.9. The first-order valence-electron chi connectivity index (χ1n) is 6.42. The topological polar surface area (TPSA) is 53.1 Å². The zero-order chi connectivity index (χ0) is 12.8. The third-order valence-electron chi connectivity index (χ3n) is 3.60. The van der Waals surface area contributed by atoms with Crippen LogP contribution < -0.4 is 5.73 Å². The van der Waals surface area contributed by atoms with Crippen molar-refractivity contribution in [3.05, 3.63) is 24.4 Å². The number of fused-ring (bicyclic) bond motifs is 1. The lowest BCUT2D eigenvalue weighted by Gasteiger charge is -2.19. The monoisotopic (exact) mass is 245 g/mol. The highest BCUT2D eigenvalue weighted by Crippen LogP contribution is 2.30. The molecule has 1 aliphatic rings. The molecule has 1 aromatic heterocycles. The second-order valence-corrected chi connectivity index (χ2v) is 5.68. The predicted molar refractivity (Wildman–Crippen MR) is 72.3 cm³/mol. The van der Waals surface area contributed by atoms with Gasteiger partial charge >= 0.3 is 0 Å². The van der Waals surface area contributed by atoms with Crippen molar-refractivity contribution in [2.45, 2.75) is 44.9 Å². The highest BCUT2D eigenvalue weighted by molar-refractivity contribution is 5.81. The molecule has 1 saturated heterocycles. The molecule has 1 aromatic carbocycles. The van der Waals surface area contributed by atoms with Gasteiger partial charge < -0.3 is 10.5 Å². The fraction of sp³-hybridized carbons (Fsp3) is 0.500. The molecule has 0 bridgehead atoms. The van der Waals surface area contributed by atoms with E-state index in [2.05, 4.69) is 18.9 Å². The molecule has 3 rings (SSSR count). The van der Waals surface area contributed by atoms with Gasteiger partial charge in [-0.05, 0) is 44.9 Å². The number of rotatable bonds is 2. The molecule has 1 unspecified atom stereocenters. The summed E-state index contributed by atoms with van der Waals surface area (Å²) in [5.74, 6) is 0. The van der Waals surface area contributed by atoms with Gasteiger partial charge in [-0.1, -0.05) is 0 Å². The van der Waals surface area contributed by atoms with Gasteiger partial charge in [0.25, 0.3) is 0 Å². The Kier molecular flexibility index (Phi) is 2.55. The number of nitrogens with zero attached hydrogens (tertiary/aromatic N) is 2. The van der Waals surface area contributed by atoms with Crippen LogP contribution in [0.2, 0.25) is 0 Å². The molecule has 1 fully saturated rings. The zero-order valence-corrected chi connectivity index (χ0v) is 10.9. The van der Waals surface area contributed by atoms with Crippen molar-refractivity contribution in [2.24, 2.45) is 0 Å². The minimum absolute atomic E-state index is 0.00660. The van der Waals surface area contributed by atoms with Gasteiger partial charge in [-0.25, -0.2) is 0 Å². The molecular formula is C14H19N3O. The van der Waals surface area contributed by atoms with Crippen LogP contribution >= 0.6 is 0 Å². The summed E-state index contributed by atoms with van der Waals surface area (Å²) in [5, 5.41) is 5.56. The molecule has 2 heterocycles. The largest absolute Gasteiger partial charge is 0.399 e. The van der Waals surface area contributed by atoms with Crippen LogP contribution in [-0.4, -0.2) is 21.5 Å². The quantitative estimate of drug-likeness (QED) is 0.827. The van der Waals surface area contributed by atoms with Gasteiger partial charge in [-0.3, -0.25) is 4.68 Å².